The number of carbonyl (C=O) groups excluding carboxylic acids is 2. The van der Waals surface area contributed by atoms with E-state index in [0.717, 1.165) is 37.1 Å². The summed E-state index contributed by atoms with van der Waals surface area (Å²) in [6.07, 6.45) is 4.82. The number of nitrogens with zero attached hydrogens (tertiary/aromatic N) is 3. The highest BCUT2D eigenvalue weighted by molar-refractivity contribution is 7.91. The molecule has 10 heteroatoms. The monoisotopic (exact) mass is 515 g/mol. The van der Waals surface area contributed by atoms with Gasteiger partial charge >= 0.3 is 0 Å². The largest absolute Gasteiger partial charge is 0.330 e. The van der Waals surface area contributed by atoms with Crippen molar-refractivity contribution in [2.24, 2.45) is 5.92 Å². The molecule has 0 radical (unpaired) electrons. The molecule has 0 spiro atoms. The van der Waals surface area contributed by atoms with Gasteiger partial charge in [0.2, 0.25) is 9.84 Å². The van der Waals surface area contributed by atoms with Crippen molar-refractivity contribution in [3.63, 3.8) is 0 Å². The maximum absolute atomic E-state index is 13.7. The highest BCUT2D eigenvalue weighted by Gasteiger charge is 2.33. The summed E-state index contributed by atoms with van der Waals surface area (Å²) >= 11 is 6.24. The van der Waals surface area contributed by atoms with Crippen LogP contribution >= 0.6 is 11.6 Å². The molecule has 1 saturated carbocycles. The van der Waals surface area contributed by atoms with Crippen molar-refractivity contribution in [3.8, 4) is 0 Å². The summed E-state index contributed by atoms with van der Waals surface area (Å²) in [5.41, 5.74) is 0.633. The van der Waals surface area contributed by atoms with Gasteiger partial charge in [0.25, 0.3) is 5.91 Å². The van der Waals surface area contributed by atoms with Gasteiger partial charge in [0.1, 0.15) is 11.5 Å². The van der Waals surface area contributed by atoms with Crippen LogP contribution in [0.15, 0.2) is 64.6 Å². The standard InChI is InChI=1S/C25H23ClFN3O4S/c1-15(23-24(16(2)31)29-10-9-28-23)30(14-17-3-4-17)25(32)18-11-19(26)13-22(12-18)35(33,34)21-7-5-20(27)6-8-21/h5-13,15,17H,3-4,14H2,1-2H3. The zero-order valence-electron chi connectivity index (χ0n) is 19.1. The molecule has 1 fully saturated rings. The van der Waals surface area contributed by atoms with Crippen molar-refractivity contribution in [1.29, 1.82) is 0 Å². The van der Waals surface area contributed by atoms with Crippen molar-refractivity contribution in [2.75, 3.05) is 6.54 Å². The van der Waals surface area contributed by atoms with Crippen molar-refractivity contribution in [2.45, 2.75) is 42.5 Å². The lowest BCUT2D eigenvalue weighted by molar-refractivity contribution is 0.0673. The molecule has 182 valence electrons. The van der Waals surface area contributed by atoms with Crippen molar-refractivity contribution >= 4 is 33.1 Å². The lowest BCUT2D eigenvalue weighted by Gasteiger charge is -2.30. The molecule has 4 rings (SSSR count). The van der Waals surface area contributed by atoms with Gasteiger partial charge in [0, 0.05) is 36.4 Å². The molecule has 1 aliphatic rings. The van der Waals surface area contributed by atoms with E-state index in [-0.39, 0.29) is 31.9 Å². The van der Waals surface area contributed by atoms with Crippen LogP contribution in [0.2, 0.25) is 5.02 Å². The van der Waals surface area contributed by atoms with E-state index < -0.39 is 27.6 Å². The zero-order chi connectivity index (χ0) is 25.3. The SMILES string of the molecule is CC(=O)c1nccnc1C(C)N(CC1CC1)C(=O)c1cc(Cl)cc(S(=O)(=O)c2ccc(F)cc2)c1. The van der Waals surface area contributed by atoms with Gasteiger partial charge in [-0.25, -0.2) is 17.8 Å². The Morgan fingerprint density at radius 1 is 1.09 bits per heavy atom. The van der Waals surface area contributed by atoms with Gasteiger partial charge in [-0.05, 0) is 68.1 Å². The van der Waals surface area contributed by atoms with Crippen LogP contribution in [-0.4, -0.2) is 41.5 Å². The van der Waals surface area contributed by atoms with Gasteiger partial charge in [-0.2, -0.15) is 0 Å². The molecule has 3 aromatic rings. The molecule has 0 aliphatic heterocycles. The van der Waals surface area contributed by atoms with Crippen molar-refractivity contribution in [1.82, 2.24) is 14.9 Å². The minimum absolute atomic E-state index is 0.0690. The molecular formula is C25H23ClFN3O4S. The minimum Gasteiger partial charge on any atom is -0.330 e. The van der Waals surface area contributed by atoms with E-state index >= 15 is 0 Å². The fourth-order valence-corrected chi connectivity index (χ4v) is 5.46. The number of hydrogen-bond donors (Lipinski definition) is 0. The Hall–Kier alpha value is -3.17. The third-order valence-corrected chi connectivity index (χ3v) is 7.86. The quantitative estimate of drug-likeness (QED) is 0.312. The van der Waals surface area contributed by atoms with Crippen molar-refractivity contribution < 1.29 is 22.4 Å². The molecule has 1 unspecified atom stereocenters. The topological polar surface area (TPSA) is 97.3 Å². The van der Waals surface area contributed by atoms with E-state index in [1.165, 1.54) is 37.5 Å². The number of sulfone groups is 1. The number of ketones is 1. The molecule has 1 heterocycles. The van der Waals surface area contributed by atoms with Gasteiger partial charge in [-0.3, -0.25) is 14.6 Å². The second-order valence-corrected chi connectivity index (χ2v) is 10.9. The highest BCUT2D eigenvalue weighted by Crippen LogP contribution is 2.34. The Morgan fingerprint density at radius 2 is 1.74 bits per heavy atom. The Bertz CT molecular complexity index is 1390. The van der Waals surface area contributed by atoms with Crippen LogP contribution in [0.1, 0.15) is 59.3 Å². The number of rotatable bonds is 8. The normalized spacial score (nSPS) is 14.4. The number of hydrogen-bond acceptors (Lipinski definition) is 6. The first-order valence-electron chi connectivity index (χ1n) is 11.0. The van der Waals surface area contributed by atoms with Crippen LogP contribution in [0.4, 0.5) is 4.39 Å². The van der Waals surface area contributed by atoms with E-state index in [4.69, 9.17) is 11.6 Å². The first-order chi connectivity index (χ1) is 16.6. The molecular weight excluding hydrogens is 493 g/mol. The number of amides is 1. The maximum atomic E-state index is 13.7. The van der Waals surface area contributed by atoms with Crippen molar-refractivity contribution in [3.05, 3.63) is 82.6 Å². The van der Waals surface area contributed by atoms with Crippen LogP contribution < -0.4 is 0 Å². The Labute approximate surface area is 207 Å². The average Bonchev–Trinajstić information content (AvgIpc) is 3.66. The van der Waals surface area contributed by atoms with Crippen LogP contribution in [0.5, 0.6) is 0 Å². The lowest BCUT2D eigenvalue weighted by atomic mass is 10.1. The molecule has 0 N–H and O–H groups in total. The van der Waals surface area contributed by atoms with Gasteiger partial charge in [0.15, 0.2) is 5.78 Å². The fraction of sp³-hybridized carbons (Fsp3) is 0.280. The van der Waals surface area contributed by atoms with E-state index in [2.05, 4.69) is 9.97 Å². The van der Waals surface area contributed by atoms with Gasteiger partial charge in [0.05, 0.1) is 21.5 Å². The van der Waals surface area contributed by atoms with E-state index in [0.29, 0.717) is 18.2 Å². The molecule has 0 saturated heterocycles. The molecule has 7 nitrogen and oxygen atoms in total. The predicted molar refractivity (Wildman–Crippen MR) is 128 cm³/mol. The van der Waals surface area contributed by atoms with Gasteiger partial charge in [-0.15, -0.1) is 0 Å². The Balaban J connectivity index is 1.74. The first kappa shape index (κ1) is 24.9. The Kier molecular flexibility index (Phi) is 7.00. The minimum atomic E-state index is -4.05. The summed E-state index contributed by atoms with van der Waals surface area (Å²) in [5, 5.41) is 0.0690. The molecule has 1 aromatic heterocycles. The van der Waals surface area contributed by atoms with Crippen LogP contribution in [0.3, 0.4) is 0 Å². The number of halogens is 2. The summed E-state index contributed by atoms with van der Waals surface area (Å²) in [4.78, 5) is 35.5. The molecule has 1 amide bonds. The molecule has 1 atom stereocenters. The predicted octanol–water partition coefficient (Wildman–Crippen LogP) is 4.92. The number of benzene rings is 2. The number of Topliss-reactive ketones (excluding diaryl/α,β-unsaturated/α-hetero) is 1. The Morgan fingerprint density at radius 3 is 2.37 bits per heavy atom. The molecule has 0 bridgehead atoms. The average molecular weight is 516 g/mol. The summed E-state index contributed by atoms with van der Waals surface area (Å²) in [6, 6.07) is 7.75. The summed E-state index contributed by atoms with van der Waals surface area (Å²) in [6.45, 7) is 3.56. The zero-order valence-corrected chi connectivity index (χ0v) is 20.7. The molecule has 35 heavy (non-hydrogen) atoms. The molecule has 1 aliphatic carbocycles. The van der Waals surface area contributed by atoms with E-state index in [1.807, 2.05) is 0 Å². The second-order valence-electron chi connectivity index (χ2n) is 8.56. The third kappa shape index (κ3) is 5.41. The summed E-state index contributed by atoms with van der Waals surface area (Å²) < 4.78 is 39.6. The smallest absolute Gasteiger partial charge is 0.254 e. The van der Waals surface area contributed by atoms with Gasteiger partial charge in [-0.1, -0.05) is 11.6 Å². The molecule has 2 aromatic carbocycles. The van der Waals surface area contributed by atoms with Crippen LogP contribution in [-0.2, 0) is 9.84 Å². The summed E-state index contributed by atoms with van der Waals surface area (Å²) in [7, 11) is -4.05. The number of aromatic nitrogens is 2. The second kappa shape index (κ2) is 9.83. The van der Waals surface area contributed by atoms with Crippen LogP contribution in [0.25, 0.3) is 0 Å². The highest BCUT2D eigenvalue weighted by atomic mass is 35.5. The van der Waals surface area contributed by atoms with Gasteiger partial charge < -0.3 is 4.90 Å². The first-order valence-corrected chi connectivity index (χ1v) is 12.9. The summed E-state index contributed by atoms with van der Waals surface area (Å²) in [5.74, 6) is -0.971. The van der Waals surface area contributed by atoms with E-state index in [1.54, 1.807) is 11.8 Å². The maximum Gasteiger partial charge on any atom is 0.254 e. The third-order valence-electron chi connectivity index (χ3n) is 5.89. The fourth-order valence-electron chi connectivity index (χ4n) is 3.83. The van der Waals surface area contributed by atoms with Crippen LogP contribution in [0, 0.1) is 11.7 Å². The lowest BCUT2D eigenvalue weighted by Crippen LogP contribution is -2.36. The van der Waals surface area contributed by atoms with E-state index in [9.17, 15) is 22.4 Å². The number of carbonyl (C=O) groups is 2.